The molecule has 1 aromatic rings. The van der Waals surface area contributed by atoms with E-state index in [-0.39, 0.29) is 19.0 Å². The molecule has 1 heterocycles. The first-order valence-corrected chi connectivity index (χ1v) is 3.03. The van der Waals surface area contributed by atoms with Gasteiger partial charge in [-0.15, -0.1) is 17.5 Å². The van der Waals surface area contributed by atoms with Gasteiger partial charge in [0.15, 0.2) is 0 Å². The minimum atomic E-state index is -2.62. The molecule has 0 fully saturated rings. The largest absolute Gasteiger partial charge is 0.324 e. The summed E-state index contributed by atoms with van der Waals surface area (Å²) >= 11 is 0. The zero-order chi connectivity index (χ0) is 8.43. The smallest absolute Gasteiger partial charge is 0.299 e. The predicted molar refractivity (Wildman–Crippen MR) is 41.1 cm³/mol. The normalized spacial score (nSPS) is 10.1. The van der Waals surface area contributed by atoms with E-state index in [1.807, 2.05) is 0 Å². The molecule has 1 rings (SSSR count). The zero-order valence-corrected chi connectivity index (χ0v) is 7.18. The third-order valence-electron chi connectivity index (χ3n) is 1.25. The number of halogens is 3. The highest BCUT2D eigenvalue weighted by molar-refractivity contribution is 5.85. The highest BCUT2D eigenvalue weighted by Crippen LogP contribution is 2.13. The molecular weight excluding hydrogens is 190 g/mol. The van der Waals surface area contributed by atoms with E-state index in [1.54, 1.807) is 0 Å². The van der Waals surface area contributed by atoms with Gasteiger partial charge in [0, 0.05) is 7.05 Å². The molecule has 0 aliphatic carbocycles. The molecule has 0 amide bonds. The van der Waals surface area contributed by atoms with Crippen molar-refractivity contribution >= 4 is 12.4 Å². The number of aromatic nitrogens is 3. The maximum Gasteiger partial charge on any atom is 0.299 e. The van der Waals surface area contributed by atoms with Crippen LogP contribution >= 0.6 is 12.4 Å². The van der Waals surface area contributed by atoms with Gasteiger partial charge in [0.1, 0.15) is 5.82 Å². The van der Waals surface area contributed by atoms with Gasteiger partial charge >= 0.3 is 0 Å². The second-order valence-corrected chi connectivity index (χ2v) is 2.01. The minimum absolute atomic E-state index is 0. The van der Waals surface area contributed by atoms with Crippen molar-refractivity contribution in [3.05, 3.63) is 11.6 Å². The van der Waals surface area contributed by atoms with Crippen LogP contribution in [0.3, 0.4) is 0 Å². The molecule has 0 radical (unpaired) electrons. The molecule has 7 heteroatoms. The van der Waals surface area contributed by atoms with Crippen LogP contribution in [0.4, 0.5) is 8.78 Å². The summed E-state index contributed by atoms with van der Waals surface area (Å²) in [7, 11) is 1.53. The van der Waals surface area contributed by atoms with Crippen LogP contribution < -0.4 is 5.73 Å². The van der Waals surface area contributed by atoms with Gasteiger partial charge in [0.2, 0.25) is 5.82 Å². The molecule has 2 N–H and O–H groups in total. The highest BCUT2D eigenvalue weighted by Gasteiger charge is 2.14. The third kappa shape index (κ3) is 2.12. The Hall–Kier alpha value is -0.750. The van der Waals surface area contributed by atoms with E-state index < -0.39 is 12.2 Å². The second kappa shape index (κ2) is 4.32. The minimum Gasteiger partial charge on any atom is -0.324 e. The Labute approximate surface area is 74.2 Å². The Morgan fingerprint density at radius 3 is 2.42 bits per heavy atom. The van der Waals surface area contributed by atoms with Gasteiger partial charge in [-0.25, -0.2) is 13.8 Å². The molecule has 70 valence electrons. The second-order valence-electron chi connectivity index (χ2n) is 2.01. The standard InChI is InChI=1S/C5H8F2N4.ClH/c1-11-3(2-8)9-5(10-11)4(6)7;/h4H,2,8H2,1H3;1H. The van der Waals surface area contributed by atoms with Gasteiger partial charge < -0.3 is 5.73 Å². The van der Waals surface area contributed by atoms with Crippen LogP contribution in [-0.2, 0) is 13.6 Å². The summed E-state index contributed by atoms with van der Waals surface area (Å²) < 4.78 is 25.1. The fourth-order valence-electron chi connectivity index (χ4n) is 0.709. The fourth-order valence-corrected chi connectivity index (χ4v) is 0.709. The average molecular weight is 199 g/mol. The lowest BCUT2D eigenvalue weighted by Gasteiger charge is -1.90. The highest BCUT2D eigenvalue weighted by atomic mass is 35.5. The summed E-state index contributed by atoms with van der Waals surface area (Å²) in [4.78, 5) is 3.50. The van der Waals surface area contributed by atoms with Gasteiger partial charge in [-0.1, -0.05) is 0 Å². The zero-order valence-electron chi connectivity index (χ0n) is 6.37. The van der Waals surface area contributed by atoms with Crippen LogP contribution in [0.15, 0.2) is 0 Å². The number of rotatable bonds is 2. The average Bonchev–Trinajstić information content (AvgIpc) is 2.31. The summed E-state index contributed by atoms with van der Waals surface area (Å²) in [6.45, 7) is 0.121. The quantitative estimate of drug-likeness (QED) is 0.759. The molecule has 4 nitrogen and oxygen atoms in total. The van der Waals surface area contributed by atoms with Crippen molar-refractivity contribution in [1.29, 1.82) is 0 Å². The molecule has 0 spiro atoms. The van der Waals surface area contributed by atoms with Crippen LogP contribution in [0.25, 0.3) is 0 Å². The summed E-state index contributed by atoms with van der Waals surface area (Å²) in [5.41, 5.74) is 5.20. The van der Waals surface area contributed by atoms with Crippen LogP contribution in [-0.4, -0.2) is 14.8 Å². The molecule has 0 saturated carbocycles. The van der Waals surface area contributed by atoms with Crippen LogP contribution in [0, 0.1) is 0 Å². The van der Waals surface area contributed by atoms with E-state index >= 15 is 0 Å². The van der Waals surface area contributed by atoms with E-state index in [4.69, 9.17) is 5.73 Å². The molecule has 0 atom stereocenters. The molecule has 12 heavy (non-hydrogen) atoms. The van der Waals surface area contributed by atoms with E-state index in [0.29, 0.717) is 5.82 Å². The lowest BCUT2D eigenvalue weighted by Crippen LogP contribution is -2.05. The number of hydrogen-bond donors (Lipinski definition) is 1. The number of nitrogens with zero attached hydrogens (tertiary/aromatic N) is 3. The third-order valence-corrected chi connectivity index (χ3v) is 1.25. The van der Waals surface area contributed by atoms with Gasteiger partial charge in [-0.05, 0) is 0 Å². The van der Waals surface area contributed by atoms with Crippen molar-refractivity contribution in [3.8, 4) is 0 Å². The van der Waals surface area contributed by atoms with Crippen molar-refractivity contribution in [1.82, 2.24) is 14.8 Å². The Morgan fingerprint density at radius 1 is 1.58 bits per heavy atom. The molecule has 1 aromatic heterocycles. The van der Waals surface area contributed by atoms with Crippen molar-refractivity contribution in [2.75, 3.05) is 0 Å². The number of alkyl halides is 2. The predicted octanol–water partition coefficient (Wildman–Crippen LogP) is 0.633. The Bertz CT molecular complexity index is 250. The monoisotopic (exact) mass is 198 g/mol. The molecule has 0 aliphatic heterocycles. The van der Waals surface area contributed by atoms with Gasteiger partial charge in [0.05, 0.1) is 6.54 Å². The number of hydrogen-bond acceptors (Lipinski definition) is 3. The van der Waals surface area contributed by atoms with Crippen LogP contribution in [0.2, 0.25) is 0 Å². The number of aryl methyl sites for hydroxylation is 1. The molecular formula is C5H9ClF2N4. The van der Waals surface area contributed by atoms with E-state index in [2.05, 4.69) is 10.1 Å². The summed E-state index contributed by atoms with van der Waals surface area (Å²) in [5.74, 6) is -0.103. The van der Waals surface area contributed by atoms with Gasteiger partial charge in [-0.2, -0.15) is 0 Å². The van der Waals surface area contributed by atoms with Crippen LogP contribution in [0.1, 0.15) is 18.1 Å². The first kappa shape index (κ1) is 11.2. The lowest BCUT2D eigenvalue weighted by molar-refractivity contribution is 0.140. The van der Waals surface area contributed by atoms with E-state index in [0.717, 1.165) is 0 Å². The van der Waals surface area contributed by atoms with Crippen LogP contribution in [0.5, 0.6) is 0 Å². The summed E-state index contributed by atoms with van der Waals surface area (Å²) in [6, 6.07) is 0. The molecule has 0 bridgehead atoms. The maximum atomic E-state index is 11.9. The van der Waals surface area contributed by atoms with Crippen molar-refractivity contribution in [3.63, 3.8) is 0 Å². The summed E-state index contributed by atoms with van der Waals surface area (Å²) in [5, 5.41) is 3.46. The fraction of sp³-hybridized carbons (Fsp3) is 0.600. The lowest BCUT2D eigenvalue weighted by atomic mass is 10.6. The molecule has 0 saturated heterocycles. The maximum absolute atomic E-state index is 11.9. The first-order chi connectivity index (χ1) is 5.15. The van der Waals surface area contributed by atoms with Crippen molar-refractivity contribution in [2.45, 2.75) is 13.0 Å². The Morgan fingerprint density at radius 2 is 2.17 bits per heavy atom. The first-order valence-electron chi connectivity index (χ1n) is 3.03. The van der Waals surface area contributed by atoms with Crippen molar-refractivity contribution < 1.29 is 8.78 Å². The topological polar surface area (TPSA) is 56.7 Å². The Kier molecular flexibility index (Phi) is 4.05. The van der Waals surface area contributed by atoms with Gasteiger partial charge in [-0.3, -0.25) is 4.68 Å². The van der Waals surface area contributed by atoms with E-state index in [9.17, 15) is 8.78 Å². The van der Waals surface area contributed by atoms with E-state index in [1.165, 1.54) is 11.7 Å². The Balaban J connectivity index is 0.00000121. The molecule has 0 unspecified atom stereocenters. The summed E-state index contributed by atoms with van der Waals surface area (Å²) in [6.07, 6.45) is -2.62. The SMILES string of the molecule is Cl.Cn1nc(C(F)F)nc1CN. The number of nitrogens with two attached hydrogens (primary N) is 1. The molecule has 0 aliphatic rings. The van der Waals surface area contributed by atoms with Gasteiger partial charge in [0.25, 0.3) is 6.43 Å². The molecule has 0 aromatic carbocycles. The van der Waals surface area contributed by atoms with Crippen molar-refractivity contribution in [2.24, 2.45) is 12.8 Å².